The van der Waals surface area contributed by atoms with Crippen molar-refractivity contribution < 1.29 is 0 Å². The Morgan fingerprint density at radius 2 is 1.91 bits per heavy atom. The normalized spacial score (nSPS) is 16.3. The van der Waals surface area contributed by atoms with Crippen LogP contribution in [0.1, 0.15) is 61.4 Å². The fourth-order valence-electron chi connectivity index (χ4n) is 3.53. The lowest BCUT2D eigenvalue weighted by molar-refractivity contribution is 0.417. The summed E-state index contributed by atoms with van der Waals surface area (Å²) in [4.78, 5) is 5.58. The van der Waals surface area contributed by atoms with E-state index in [9.17, 15) is 0 Å². The summed E-state index contributed by atoms with van der Waals surface area (Å²) in [6.45, 7) is 5.17. The molecule has 22 heavy (non-hydrogen) atoms. The van der Waals surface area contributed by atoms with Crippen molar-refractivity contribution in [1.82, 2.24) is 9.55 Å². The first kappa shape index (κ1) is 15.5. The molecule has 2 aromatic rings. The van der Waals surface area contributed by atoms with E-state index in [1.165, 1.54) is 54.6 Å². The van der Waals surface area contributed by atoms with E-state index < -0.39 is 0 Å². The molecule has 1 aromatic heterocycles. The third-order valence-electron chi connectivity index (χ3n) is 4.95. The average Bonchev–Trinajstić information content (AvgIpc) is 2.84. The largest absolute Gasteiger partial charge is 0.393 e. The van der Waals surface area contributed by atoms with Gasteiger partial charge in [-0.2, -0.15) is 0 Å². The number of imidazole rings is 1. The van der Waals surface area contributed by atoms with E-state index in [0.29, 0.717) is 10.9 Å². The monoisotopic (exact) mass is 315 g/mol. The van der Waals surface area contributed by atoms with Gasteiger partial charge >= 0.3 is 0 Å². The highest BCUT2D eigenvalue weighted by Gasteiger charge is 2.22. The number of aryl methyl sites for hydroxylation is 3. The van der Waals surface area contributed by atoms with Crippen LogP contribution in [0.3, 0.4) is 0 Å². The Bertz CT molecular complexity index is 696. The maximum absolute atomic E-state index is 5.73. The number of aromatic nitrogens is 2. The Morgan fingerprint density at radius 3 is 2.59 bits per heavy atom. The molecule has 4 heteroatoms. The van der Waals surface area contributed by atoms with E-state index in [1.54, 1.807) is 0 Å². The minimum Gasteiger partial charge on any atom is -0.393 e. The topological polar surface area (TPSA) is 43.8 Å². The van der Waals surface area contributed by atoms with Crippen molar-refractivity contribution >= 4 is 28.2 Å². The van der Waals surface area contributed by atoms with E-state index in [1.807, 2.05) is 0 Å². The van der Waals surface area contributed by atoms with Gasteiger partial charge in [0.05, 0.1) is 16.0 Å². The second kappa shape index (κ2) is 6.37. The van der Waals surface area contributed by atoms with Crippen molar-refractivity contribution in [3.63, 3.8) is 0 Å². The lowest BCUT2D eigenvalue weighted by Gasteiger charge is -2.22. The first-order chi connectivity index (χ1) is 10.6. The van der Waals surface area contributed by atoms with Gasteiger partial charge in [-0.25, -0.2) is 4.98 Å². The fraction of sp³-hybridized carbons (Fsp3) is 0.556. The van der Waals surface area contributed by atoms with Crippen molar-refractivity contribution in [2.45, 2.75) is 64.8 Å². The van der Waals surface area contributed by atoms with Crippen LogP contribution in [-0.4, -0.2) is 14.5 Å². The Balaban J connectivity index is 2.07. The van der Waals surface area contributed by atoms with Gasteiger partial charge in [-0.05, 0) is 49.9 Å². The summed E-state index contributed by atoms with van der Waals surface area (Å²) in [5.41, 5.74) is 10.7. The first-order valence-corrected chi connectivity index (χ1v) is 8.73. The van der Waals surface area contributed by atoms with Gasteiger partial charge in [0, 0.05) is 18.9 Å². The minimum absolute atomic E-state index is 0.584. The van der Waals surface area contributed by atoms with E-state index in [-0.39, 0.29) is 0 Å². The zero-order valence-corrected chi connectivity index (χ0v) is 14.4. The molecule has 0 amide bonds. The zero-order valence-electron chi connectivity index (χ0n) is 13.6. The molecule has 0 aliphatic heterocycles. The van der Waals surface area contributed by atoms with E-state index in [4.69, 9.17) is 22.9 Å². The molecule has 0 unspecified atom stereocenters. The Hall–Kier alpha value is -1.42. The molecular formula is C18H25N3S. The van der Waals surface area contributed by atoms with Crippen LogP contribution in [0.15, 0.2) is 12.1 Å². The second-order valence-corrected chi connectivity index (χ2v) is 7.12. The number of nitrogens with two attached hydrogens (primary N) is 1. The molecule has 1 aliphatic rings. The molecule has 0 spiro atoms. The Kier molecular flexibility index (Phi) is 4.48. The van der Waals surface area contributed by atoms with Gasteiger partial charge in [0.2, 0.25) is 0 Å². The van der Waals surface area contributed by atoms with Crippen LogP contribution in [0.2, 0.25) is 0 Å². The van der Waals surface area contributed by atoms with Crippen LogP contribution in [-0.2, 0) is 6.54 Å². The van der Waals surface area contributed by atoms with Crippen molar-refractivity contribution in [3.8, 4) is 0 Å². The molecule has 1 fully saturated rings. The predicted molar refractivity (Wildman–Crippen MR) is 96.4 cm³/mol. The molecule has 1 heterocycles. The highest BCUT2D eigenvalue weighted by Crippen LogP contribution is 2.34. The highest BCUT2D eigenvalue weighted by molar-refractivity contribution is 7.80. The fourth-order valence-corrected chi connectivity index (χ4v) is 3.62. The number of fused-ring (bicyclic) bond motifs is 1. The molecule has 2 N–H and O–H groups in total. The smallest absolute Gasteiger partial charge is 0.113 e. The molecule has 118 valence electrons. The summed E-state index contributed by atoms with van der Waals surface area (Å²) in [5.74, 6) is 1.84. The van der Waals surface area contributed by atoms with Crippen molar-refractivity contribution in [2.75, 3.05) is 0 Å². The maximum atomic E-state index is 5.73. The van der Waals surface area contributed by atoms with Crippen LogP contribution < -0.4 is 5.73 Å². The number of nitrogens with zero attached hydrogens (tertiary/aromatic N) is 2. The summed E-state index contributed by atoms with van der Waals surface area (Å²) in [6, 6.07) is 4.48. The third kappa shape index (κ3) is 3.02. The molecule has 0 saturated heterocycles. The molecule has 1 saturated carbocycles. The standard InChI is InChI=1S/C18H25N3S/c1-12-10-15-16(11-13(12)2)21(9-8-17(19)22)18(20-15)14-6-4-3-5-7-14/h10-11,14H,3-9H2,1-2H3,(H2,19,22). The van der Waals surface area contributed by atoms with Crippen LogP contribution in [0, 0.1) is 13.8 Å². The number of benzene rings is 1. The Labute approximate surface area is 137 Å². The molecule has 3 rings (SSSR count). The van der Waals surface area contributed by atoms with E-state index in [0.717, 1.165) is 18.5 Å². The molecule has 0 radical (unpaired) electrons. The summed E-state index contributed by atoms with van der Waals surface area (Å²) < 4.78 is 2.37. The third-order valence-corrected chi connectivity index (χ3v) is 5.15. The highest BCUT2D eigenvalue weighted by atomic mass is 32.1. The first-order valence-electron chi connectivity index (χ1n) is 8.32. The number of thiocarbonyl (C=S) groups is 1. The van der Waals surface area contributed by atoms with Crippen molar-refractivity contribution in [3.05, 3.63) is 29.1 Å². The van der Waals surface area contributed by atoms with Crippen LogP contribution in [0.4, 0.5) is 0 Å². The van der Waals surface area contributed by atoms with Gasteiger partial charge in [-0.3, -0.25) is 0 Å². The maximum Gasteiger partial charge on any atom is 0.113 e. The summed E-state index contributed by atoms with van der Waals surface area (Å²) in [6.07, 6.45) is 7.26. The van der Waals surface area contributed by atoms with Gasteiger partial charge < -0.3 is 10.3 Å². The number of hydrogen-bond acceptors (Lipinski definition) is 2. The number of rotatable bonds is 4. The zero-order chi connectivity index (χ0) is 15.7. The predicted octanol–water partition coefficient (Wildman–Crippen LogP) is 4.38. The van der Waals surface area contributed by atoms with E-state index >= 15 is 0 Å². The van der Waals surface area contributed by atoms with Crippen LogP contribution in [0.25, 0.3) is 11.0 Å². The van der Waals surface area contributed by atoms with Gasteiger partial charge in [0.25, 0.3) is 0 Å². The van der Waals surface area contributed by atoms with Crippen molar-refractivity contribution in [1.29, 1.82) is 0 Å². The molecular weight excluding hydrogens is 290 g/mol. The molecule has 1 aromatic carbocycles. The van der Waals surface area contributed by atoms with Gasteiger partial charge in [0.15, 0.2) is 0 Å². The SMILES string of the molecule is Cc1cc2nc(C3CCCCC3)n(CCC(N)=S)c2cc1C. The average molecular weight is 315 g/mol. The lowest BCUT2D eigenvalue weighted by atomic mass is 9.88. The van der Waals surface area contributed by atoms with Crippen LogP contribution in [0.5, 0.6) is 0 Å². The summed E-state index contributed by atoms with van der Waals surface area (Å²) in [7, 11) is 0. The molecule has 0 bridgehead atoms. The lowest BCUT2D eigenvalue weighted by Crippen LogP contribution is -2.16. The van der Waals surface area contributed by atoms with Crippen molar-refractivity contribution in [2.24, 2.45) is 5.73 Å². The van der Waals surface area contributed by atoms with Crippen LogP contribution >= 0.6 is 12.2 Å². The molecule has 3 nitrogen and oxygen atoms in total. The summed E-state index contributed by atoms with van der Waals surface area (Å²) in [5, 5.41) is 0. The molecule has 1 aliphatic carbocycles. The van der Waals surface area contributed by atoms with Gasteiger partial charge in [-0.1, -0.05) is 31.5 Å². The Morgan fingerprint density at radius 1 is 1.23 bits per heavy atom. The second-order valence-electron chi connectivity index (χ2n) is 6.60. The summed E-state index contributed by atoms with van der Waals surface area (Å²) >= 11 is 5.08. The quantitative estimate of drug-likeness (QED) is 0.852. The van der Waals surface area contributed by atoms with Gasteiger partial charge in [-0.15, -0.1) is 0 Å². The van der Waals surface area contributed by atoms with Gasteiger partial charge in [0.1, 0.15) is 5.82 Å². The minimum atomic E-state index is 0.584. The number of hydrogen-bond donors (Lipinski definition) is 1. The molecule has 0 atom stereocenters. The van der Waals surface area contributed by atoms with E-state index in [2.05, 4.69) is 30.5 Å².